The van der Waals surface area contributed by atoms with Crippen molar-refractivity contribution in [3.8, 4) is 0 Å². The molecule has 2 aliphatic rings. The summed E-state index contributed by atoms with van der Waals surface area (Å²) >= 11 is 0. The van der Waals surface area contributed by atoms with Crippen LogP contribution >= 0.6 is 0 Å². The van der Waals surface area contributed by atoms with Gasteiger partial charge in [0, 0.05) is 18.1 Å². The van der Waals surface area contributed by atoms with Crippen molar-refractivity contribution < 1.29 is 16.8 Å². The third kappa shape index (κ3) is 4.55. The number of likely N-dealkylation sites (tertiary alicyclic amines) is 1. The highest BCUT2D eigenvalue weighted by Gasteiger charge is 2.46. The van der Waals surface area contributed by atoms with Gasteiger partial charge in [-0.1, -0.05) is 17.7 Å². The molecule has 2 fully saturated rings. The molecule has 152 valence electrons. The van der Waals surface area contributed by atoms with Gasteiger partial charge in [0.25, 0.3) is 0 Å². The molecule has 0 bridgehead atoms. The van der Waals surface area contributed by atoms with Gasteiger partial charge >= 0.3 is 0 Å². The second kappa shape index (κ2) is 7.46. The van der Waals surface area contributed by atoms with E-state index < -0.39 is 31.0 Å². The normalized spacial score (nSPS) is 26.5. The van der Waals surface area contributed by atoms with Crippen molar-refractivity contribution in [2.75, 3.05) is 31.1 Å². The third-order valence-corrected chi connectivity index (χ3v) is 9.97. The van der Waals surface area contributed by atoms with Crippen LogP contribution in [-0.2, 0) is 19.7 Å². The molecule has 0 unspecified atom stereocenters. The Labute approximate surface area is 163 Å². The van der Waals surface area contributed by atoms with E-state index in [4.69, 9.17) is 0 Å². The smallest absolute Gasteiger partial charge is 0.183 e. The molecule has 0 saturated carbocycles. The summed E-state index contributed by atoms with van der Waals surface area (Å²) in [6.07, 6.45) is 2.34. The summed E-state index contributed by atoms with van der Waals surface area (Å²) in [6, 6.07) is 6.05. The Balaban J connectivity index is 1.79. The summed E-state index contributed by atoms with van der Waals surface area (Å²) in [5.74, 6) is -0.441. The van der Waals surface area contributed by atoms with Crippen molar-refractivity contribution >= 4 is 19.7 Å². The predicted octanol–water partition coefficient (Wildman–Crippen LogP) is 1.40. The minimum absolute atomic E-state index is 0.126. The first-order chi connectivity index (χ1) is 12.5. The summed E-state index contributed by atoms with van der Waals surface area (Å²) in [6.45, 7) is 8.76. The average Bonchev–Trinajstić information content (AvgIpc) is 3.22. The van der Waals surface area contributed by atoms with Gasteiger partial charge in [0.1, 0.15) is 0 Å². The van der Waals surface area contributed by atoms with Crippen LogP contribution in [0.3, 0.4) is 0 Å². The average molecular weight is 415 g/mol. The van der Waals surface area contributed by atoms with E-state index in [0.29, 0.717) is 6.54 Å². The summed E-state index contributed by atoms with van der Waals surface area (Å²) in [4.78, 5) is 2.58. The van der Waals surface area contributed by atoms with Crippen molar-refractivity contribution in [2.45, 2.75) is 55.3 Å². The summed E-state index contributed by atoms with van der Waals surface area (Å²) in [5, 5.41) is 2.35. The molecule has 1 aromatic carbocycles. The Morgan fingerprint density at radius 1 is 1.11 bits per heavy atom. The van der Waals surface area contributed by atoms with Crippen LogP contribution in [0.25, 0.3) is 0 Å². The van der Waals surface area contributed by atoms with Crippen LogP contribution in [0.2, 0.25) is 0 Å². The Bertz CT molecular complexity index is 871. The highest BCUT2D eigenvalue weighted by atomic mass is 32.2. The first-order valence-electron chi connectivity index (χ1n) is 9.51. The standard InChI is InChI=1S/C19H30N2O4S2/c1-15-6-8-16(9-7-15)27(24,25)18-13-26(22,23)12-17(18)20-14-19(2,3)21-10-4-5-11-21/h6-9,17-18,20H,4-5,10-14H2,1-3H3/t17-,18-/m0/s1. The van der Waals surface area contributed by atoms with E-state index in [0.717, 1.165) is 18.7 Å². The zero-order chi connectivity index (χ0) is 19.9. The molecule has 2 heterocycles. The number of aryl methyl sites for hydroxylation is 1. The second-order valence-corrected chi connectivity index (χ2v) is 12.8. The summed E-state index contributed by atoms with van der Waals surface area (Å²) in [5.41, 5.74) is 0.830. The molecule has 0 aromatic heterocycles. The van der Waals surface area contributed by atoms with Crippen molar-refractivity contribution in [1.29, 1.82) is 0 Å². The van der Waals surface area contributed by atoms with Crippen molar-refractivity contribution in [3.05, 3.63) is 29.8 Å². The predicted molar refractivity (Wildman–Crippen MR) is 107 cm³/mol. The van der Waals surface area contributed by atoms with Gasteiger partial charge in [-0.05, 0) is 58.8 Å². The molecule has 2 saturated heterocycles. The Morgan fingerprint density at radius 3 is 2.30 bits per heavy atom. The number of nitrogens with one attached hydrogen (secondary N) is 1. The fourth-order valence-corrected chi connectivity index (χ4v) is 8.75. The number of rotatable bonds is 6. The van der Waals surface area contributed by atoms with Crippen LogP contribution in [0.4, 0.5) is 0 Å². The van der Waals surface area contributed by atoms with Crippen LogP contribution in [0.1, 0.15) is 32.3 Å². The largest absolute Gasteiger partial charge is 0.310 e. The third-order valence-electron chi connectivity index (χ3n) is 5.81. The molecule has 0 radical (unpaired) electrons. The van der Waals surface area contributed by atoms with Crippen molar-refractivity contribution in [1.82, 2.24) is 10.2 Å². The quantitative estimate of drug-likeness (QED) is 0.758. The first-order valence-corrected chi connectivity index (χ1v) is 12.9. The van der Waals surface area contributed by atoms with E-state index in [-0.39, 0.29) is 21.9 Å². The lowest BCUT2D eigenvalue weighted by molar-refractivity contribution is 0.148. The molecular weight excluding hydrogens is 384 g/mol. The maximum Gasteiger partial charge on any atom is 0.183 e. The van der Waals surface area contributed by atoms with E-state index in [2.05, 4.69) is 24.1 Å². The minimum atomic E-state index is -3.72. The lowest BCUT2D eigenvalue weighted by atomic mass is 10.0. The maximum absolute atomic E-state index is 13.1. The van der Waals surface area contributed by atoms with E-state index in [9.17, 15) is 16.8 Å². The van der Waals surface area contributed by atoms with Gasteiger partial charge in [-0.2, -0.15) is 0 Å². The number of hydrogen-bond acceptors (Lipinski definition) is 6. The van der Waals surface area contributed by atoms with Gasteiger partial charge in [-0.25, -0.2) is 16.8 Å². The Kier molecular flexibility index (Phi) is 5.74. The van der Waals surface area contributed by atoms with Crippen LogP contribution < -0.4 is 5.32 Å². The highest BCUT2D eigenvalue weighted by Crippen LogP contribution is 2.27. The number of benzene rings is 1. The van der Waals surface area contributed by atoms with Gasteiger partial charge in [0.15, 0.2) is 19.7 Å². The second-order valence-electron chi connectivity index (χ2n) is 8.47. The van der Waals surface area contributed by atoms with Crippen molar-refractivity contribution in [3.63, 3.8) is 0 Å². The first kappa shape index (κ1) is 20.8. The molecule has 8 heteroatoms. The number of hydrogen-bond donors (Lipinski definition) is 1. The molecule has 27 heavy (non-hydrogen) atoms. The molecule has 6 nitrogen and oxygen atoms in total. The summed E-state index contributed by atoms with van der Waals surface area (Å²) in [7, 11) is -7.10. The zero-order valence-electron chi connectivity index (χ0n) is 16.3. The van der Waals surface area contributed by atoms with Gasteiger partial charge in [0.2, 0.25) is 0 Å². The van der Waals surface area contributed by atoms with Crippen LogP contribution in [0.15, 0.2) is 29.2 Å². The zero-order valence-corrected chi connectivity index (χ0v) is 17.9. The monoisotopic (exact) mass is 414 g/mol. The number of sulfone groups is 2. The minimum Gasteiger partial charge on any atom is -0.310 e. The molecular formula is C19H30N2O4S2. The highest BCUT2D eigenvalue weighted by molar-refractivity contribution is 7.96. The fourth-order valence-electron chi connectivity index (χ4n) is 4.03. The molecule has 2 atom stereocenters. The van der Waals surface area contributed by atoms with Crippen LogP contribution in [0.5, 0.6) is 0 Å². The van der Waals surface area contributed by atoms with Gasteiger partial charge in [0.05, 0.1) is 21.7 Å². The van der Waals surface area contributed by atoms with E-state index in [1.807, 2.05) is 6.92 Å². The van der Waals surface area contributed by atoms with Gasteiger partial charge < -0.3 is 5.32 Å². The topological polar surface area (TPSA) is 83.5 Å². The van der Waals surface area contributed by atoms with Crippen LogP contribution in [-0.4, -0.2) is 69.7 Å². The summed E-state index contributed by atoms with van der Waals surface area (Å²) < 4.78 is 50.7. The molecule has 0 spiro atoms. The van der Waals surface area contributed by atoms with Gasteiger partial charge in [-0.15, -0.1) is 0 Å². The molecule has 1 aromatic rings. The van der Waals surface area contributed by atoms with Crippen LogP contribution in [0, 0.1) is 6.92 Å². The lowest BCUT2D eigenvalue weighted by Gasteiger charge is -2.37. The maximum atomic E-state index is 13.1. The van der Waals surface area contributed by atoms with Crippen molar-refractivity contribution in [2.24, 2.45) is 0 Å². The Hall–Kier alpha value is -0.960. The van der Waals surface area contributed by atoms with E-state index in [1.165, 1.54) is 12.8 Å². The SMILES string of the molecule is Cc1ccc(S(=O)(=O)[C@H]2CS(=O)(=O)C[C@@H]2NCC(C)(C)N2CCCC2)cc1. The molecule has 0 amide bonds. The number of nitrogens with zero attached hydrogens (tertiary/aromatic N) is 1. The molecule has 3 rings (SSSR count). The van der Waals surface area contributed by atoms with Gasteiger partial charge in [-0.3, -0.25) is 4.90 Å². The molecule has 0 aliphatic carbocycles. The Morgan fingerprint density at radius 2 is 1.70 bits per heavy atom. The molecule has 2 aliphatic heterocycles. The van der Waals surface area contributed by atoms with E-state index >= 15 is 0 Å². The molecule has 1 N–H and O–H groups in total. The fraction of sp³-hybridized carbons (Fsp3) is 0.684. The lowest BCUT2D eigenvalue weighted by Crippen LogP contribution is -2.54. The van der Waals surface area contributed by atoms with E-state index in [1.54, 1.807) is 24.3 Å².